The molecule has 152 valence electrons. The number of aryl methyl sites for hydroxylation is 2. The fraction of sp³-hybridized carbons (Fsp3) is 0.435. The highest BCUT2D eigenvalue weighted by atomic mass is 15.3. The van der Waals surface area contributed by atoms with E-state index in [2.05, 4.69) is 64.0 Å². The third-order valence-corrected chi connectivity index (χ3v) is 5.85. The first-order valence-electron chi connectivity index (χ1n) is 10.5. The van der Waals surface area contributed by atoms with Gasteiger partial charge < -0.3 is 5.32 Å². The van der Waals surface area contributed by atoms with E-state index in [-0.39, 0.29) is 0 Å². The van der Waals surface area contributed by atoms with Gasteiger partial charge >= 0.3 is 0 Å². The zero-order chi connectivity index (χ0) is 20.2. The maximum Gasteiger partial charge on any atom is 0.134 e. The molecule has 29 heavy (non-hydrogen) atoms. The number of rotatable bonds is 6. The van der Waals surface area contributed by atoms with Crippen LogP contribution in [0.2, 0.25) is 0 Å². The van der Waals surface area contributed by atoms with Crippen molar-refractivity contribution in [3.63, 3.8) is 0 Å². The number of hydrogen-bond donors (Lipinski definition) is 1. The molecule has 0 saturated carbocycles. The van der Waals surface area contributed by atoms with Crippen molar-refractivity contribution in [1.82, 2.24) is 24.6 Å². The van der Waals surface area contributed by atoms with Crippen LogP contribution in [0, 0.1) is 13.8 Å². The minimum atomic E-state index is 0.455. The molecule has 3 aromatic rings. The van der Waals surface area contributed by atoms with Crippen LogP contribution in [0.5, 0.6) is 0 Å². The van der Waals surface area contributed by atoms with Crippen LogP contribution in [0.15, 0.2) is 42.7 Å². The topological polar surface area (TPSA) is 58.9 Å². The fourth-order valence-corrected chi connectivity index (χ4v) is 4.13. The molecular formula is C23H30N6. The number of hydrogen-bond acceptors (Lipinski definition) is 5. The summed E-state index contributed by atoms with van der Waals surface area (Å²) in [4.78, 5) is 11.9. The van der Waals surface area contributed by atoms with Crippen LogP contribution >= 0.6 is 0 Å². The molecule has 6 nitrogen and oxygen atoms in total. The number of likely N-dealkylation sites (tertiary alicyclic amines) is 1. The smallest absolute Gasteiger partial charge is 0.134 e. The molecule has 0 spiro atoms. The Hall–Kier alpha value is -2.73. The molecule has 0 radical (unpaired) electrons. The van der Waals surface area contributed by atoms with Gasteiger partial charge in [0, 0.05) is 48.7 Å². The van der Waals surface area contributed by atoms with Crippen molar-refractivity contribution in [2.45, 2.75) is 52.6 Å². The third kappa shape index (κ3) is 4.48. The van der Waals surface area contributed by atoms with Gasteiger partial charge in [-0.05, 0) is 63.9 Å². The number of anilines is 2. The molecule has 1 aliphatic rings. The van der Waals surface area contributed by atoms with E-state index in [0.717, 1.165) is 49.1 Å². The van der Waals surface area contributed by atoms with Crippen molar-refractivity contribution in [3.8, 4) is 0 Å². The summed E-state index contributed by atoms with van der Waals surface area (Å²) in [6.07, 6.45) is 6.22. The molecule has 1 aliphatic heterocycles. The Bertz CT molecular complexity index is 964. The highest BCUT2D eigenvalue weighted by molar-refractivity contribution is 5.55. The minimum absolute atomic E-state index is 0.455. The van der Waals surface area contributed by atoms with Crippen LogP contribution in [0.4, 0.5) is 11.6 Å². The molecule has 1 atom stereocenters. The Morgan fingerprint density at radius 3 is 2.86 bits per heavy atom. The summed E-state index contributed by atoms with van der Waals surface area (Å²) in [7, 11) is 0. The molecule has 0 aliphatic carbocycles. The maximum atomic E-state index is 4.91. The normalized spacial score (nSPS) is 17.4. The minimum Gasteiger partial charge on any atom is -0.325 e. The summed E-state index contributed by atoms with van der Waals surface area (Å²) in [5, 5.41) is 7.87. The zero-order valence-electron chi connectivity index (χ0n) is 17.6. The molecule has 6 heteroatoms. The van der Waals surface area contributed by atoms with E-state index in [0.29, 0.717) is 5.92 Å². The van der Waals surface area contributed by atoms with Crippen molar-refractivity contribution < 1.29 is 0 Å². The number of aromatic nitrogens is 4. The van der Waals surface area contributed by atoms with Gasteiger partial charge in [-0.3, -0.25) is 9.58 Å². The van der Waals surface area contributed by atoms with E-state index in [1.807, 2.05) is 18.3 Å². The quantitative estimate of drug-likeness (QED) is 0.675. The second-order valence-corrected chi connectivity index (χ2v) is 7.89. The summed E-state index contributed by atoms with van der Waals surface area (Å²) in [5.41, 5.74) is 4.90. The first-order valence-corrected chi connectivity index (χ1v) is 10.5. The SMILES string of the molecule is CCn1ncc(CN2CCCC(c3cccc(Nc4ncccc4C)n3)C2)c1C. The van der Waals surface area contributed by atoms with Crippen molar-refractivity contribution in [2.75, 3.05) is 18.4 Å². The van der Waals surface area contributed by atoms with Crippen LogP contribution in [-0.4, -0.2) is 37.7 Å². The molecule has 0 amide bonds. The molecule has 0 aromatic carbocycles. The lowest BCUT2D eigenvalue weighted by Crippen LogP contribution is -2.34. The molecule has 1 fully saturated rings. The van der Waals surface area contributed by atoms with Gasteiger partial charge in [0.1, 0.15) is 11.6 Å². The number of piperidine rings is 1. The lowest BCUT2D eigenvalue weighted by Gasteiger charge is -2.32. The lowest BCUT2D eigenvalue weighted by molar-refractivity contribution is 0.198. The van der Waals surface area contributed by atoms with E-state index in [1.165, 1.54) is 24.1 Å². The van der Waals surface area contributed by atoms with Crippen molar-refractivity contribution in [2.24, 2.45) is 0 Å². The van der Waals surface area contributed by atoms with Gasteiger partial charge in [-0.15, -0.1) is 0 Å². The fourth-order valence-electron chi connectivity index (χ4n) is 4.13. The van der Waals surface area contributed by atoms with Crippen LogP contribution in [0.25, 0.3) is 0 Å². The van der Waals surface area contributed by atoms with E-state index >= 15 is 0 Å². The summed E-state index contributed by atoms with van der Waals surface area (Å²) < 4.78 is 2.08. The number of nitrogens with zero attached hydrogens (tertiary/aromatic N) is 5. The molecule has 1 saturated heterocycles. The van der Waals surface area contributed by atoms with Gasteiger partial charge in [0.25, 0.3) is 0 Å². The lowest BCUT2D eigenvalue weighted by atomic mass is 9.94. The van der Waals surface area contributed by atoms with Gasteiger partial charge in [0.05, 0.1) is 6.20 Å². The Morgan fingerprint density at radius 1 is 1.17 bits per heavy atom. The van der Waals surface area contributed by atoms with Crippen LogP contribution in [-0.2, 0) is 13.1 Å². The van der Waals surface area contributed by atoms with Gasteiger partial charge in [0.2, 0.25) is 0 Å². The Kier molecular flexibility index (Phi) is 5.90. The highest BCUT2D eigenvalue weighted by Gasteiger charge is 2.23. The number of pyridine rings is 2. The second-order valence-electron chi connectivity index (χ2n) is 7.89. The van der Waals surface area contributed by atoms with E-state index in [9.17, 15) is 0 Å². The summed E-state index contributed by atoms with van der Waals surface area (Å²) >= 11 is 0. The predicted molar refractivity (Wildman–Crippen MR) is 116 cm³/mol. The molecule has 1 N–H and O–H groups in total. The van der Waals surface area contributed by atoms with E-state index < -0.39 is 0 Å². The molecular weight excluding hydrogens is 360 g/mol. The van der Waals surface area contributed by atoms with E-state index in [1.54, 1.807) is 6.20 Å². The summed E-state index contributed by atoms with van der Waals surface area (Å²) in [6, 6.07) is 10.3. The van der Waals surface area contributed by atoms with Crippen molar-refractivity contribution >= 4 is 11.6 Å². The average Bonchev–Trinajstić information content (AvgIpc) is 3.09. The second kappa shape index (κ2) is 8.74. The molecule has 1 unspecified atom stereocenters. The molecule has 0 bridgehead atoms. The third-order valence-electron chi connectivity index (χ3n) is 5.85. The standard InChI is InChI=1S/C23H30N6/c1-4-29-18(3)20(14-25-29)16-28-13-7-9-19(15-28)21-10-5-11-22(26-21)27-23-17(2)8-6-12-24-23/h5-6,8,10-12,14,19H,4,7,9,13,15-16H2,1-3H3,(H,24,26,27). The Morgan fingerprint density at radius 2 is 2.07 bits per heavy atom. The Labute approximate surface area is 173 Å². The predicted octanol–water partition coefficient (Wildman–Crippen LogP) is 4.43. The van der Waals surface area contributed by atoms with Crippen molar-refractivity contribution in [3.05, 3.63) is 65.2 Å². The molecule has 4 heterocycles. The summed E-state index contributed by atoms with van der Waals surface area (Å²) in [6.45, 7) is 10.4. The molecule has 3 aromatic heterocycles. The van der Waals surface area contributed by atoms with E-state index in [4.69, 9.17) is 4.98 Å². The first kappa shape index (κ1) is 19.6. The molecule has 4 rings (SSSR count). The largest absolute Gasteiger partial charge is 0.325 e. The van der Waals surface area contributed by atoms with Gasteiger partial charge in [-0.25, -0.2) is 9.97 Å². The van der Waals surface area contributed by atoms with Crippen LogP contribution < -0.4 is 5.32 Å². The average molecular weight is 391 g/mol. The zero-order valence-corrected chi connectivity index (χ0v) is 17.6. The maximum absolute atomic E-state index is 4.91. The van der Waals surface area contributed by atoms with Gasteiger partial charge in [-0.1, -0.05) is 12.1 Å². The first-order chi connectivity index (χ1) is 14.1. The van der Waals surface area contributed by atoms with Gasteiger partial charge in [0.15, 0.2) is 0 Å². The van der Waals surface area contributed by atoms with Crippen LogP contribution in [0.1, 0.15) is 48.2 Å². The van der Waals surface area contributed by atoms with Crippen LogP contribution in [0.3, 0.4) is 0 Å². The highest BCUT2D eigenvalue weighted by Crippen LogP contribution is 2.28. The van der Waals surface area contributed by atoms with Crippen molar-refractivity contribution in [1.29, 1.82) is 0 Å². The Balaban J connectivity index is 1.45. The monoisotopic (exact) mass is 390 g/mol. The number of nitrogens with one attached hydrogen (secondary N) is 1. The van der Waals surface area contributed by atoms with Gasteiger partial charge in [-0.2, -0.15) is 5.10 Å². The summed E-state index contributed by atoms with van der Waals surface area (Å²) in [5.74, 6) is 2.18.